The number of nitrogens with one attached hydrogen (secondary N) is 1. The van der Waals surface area contributed by atoms with Crippen molar-refractivity contribution >= 4 is 50.3 Å². The Morgan fingerprint density at radius 1 is 1.21 bits per heavy atom. The second-order valence-corrected chi connectivity index (χ2v) is 9.25. The lowest BCUT2D eigenvalue weighted by Gasteiger charge is -2.12. The van der Waals surface area contributed by atoms with Gasteiger partial charge in [0.1, 0.15) is 5.82 Å². The van der Waals surface area contributed by atoms with E-state index >= 15 is 0 Å². The van der Waals surface area contributed by atoms with Crippen LogP contribution < -0.4 is 20.3 Å². The number of fused-ring (bicyclic) bond motifs is 1. The molecule has 200 valence electrons. The Bertz CT molecular complexity index is 1620. The summed E-state index contributed by atoms with van der Waals surface area (Å²) in [5, 5.41) is 19.2. The minimum atomic E-state index is -0.645. The highest BCUT2D eigenvalue weighted by atomic mass is 79.9. The van der Waals surface area contributed by atoms with Crippen molar-refractivity contribution in [1.29, 1.82) is 0 Å². The van der Waals surface area contributed by atoms with Crippen molar-refractivity contribution in [3.8, 4) is 11.5 Å². The van der Waals surface area contributed by atoms with E-state index in [1.54, 1.807) is 42.5 Å². The largest absolute Gasteiger partial charge is 0.493 e. The van der Waals surface area contributed by atoms with Crippen LogP contribution in [0.15, 0.2) is 75.0 Å². The maximum absolute atomic E-state index is 13.2. The molecule has 0 fully saturated rings. The molecule has 3 aromatic carbocycles. The topological polar surface area (TPSA) is 138 Å². The van der Waals surface area contributed by atoms with E-state index in [9.17, 15) is 19.7 Å². The molecule has 1 heterocycles. The lowest BCUT2D eigenvalue weighted by molar-refractivity contribution is -0.385. The molecule has 0 unspecified atom stereocenters. The molecule has 1 N–H and O–H groups in total. The van der Waals surface area contributed by atoms with Crippen LogP contribution in [0.5, 0.6) is 11.5 Å². The third-order valence-corrected chi connectivity index (χ3v) is 6.04. The van der Waals surface area contributed by atoms with Gasteiger partial charge in [0.15, 0.2) is 12.4 Å². The molecule has 0 aliphatic rings. The van der Waals surface area contributed by atoms with E-state index in [-0.39, 0.29) is 22.6 Å². The number of halogens is 1. The highest BCUT2D eigenvalue weighted by Crippen LogP contribution is 2.38. The van der Waals surface area contributed by atoms with E-state index in [0.717, 1.165) is 10.9 Å². The number of ether oxygens (including phenoxy) is 2. The van der Waals surface area contributed by atoms with Crippen LogP contribution in [0.2, 0.25) is 0 Å². The van der Waals surface area contributed by atoms with Crippen molar-refractivity contribution in [2.75, 3.05) is 19.0 Å². The minimum absolute atomic E-state index is 0.0276. The molecule has 4 rings (SSSR count). The number of nitrogens with zero attached hydrogens (tertiary/aromatic N) is 4. The summed E-state index contributed by atoms with van der Waals surface area (Å²) in [6.45, 7) is 1.48. The molecule has 0 spiro atoms. The van der Waals surface area contributed by atoms with Gasteiger partial charge in [-0.2, -0.15) is 9.78 Å². The Balaban J connectivity index is 1.66. The van der Waals surface area contributed by atoms with E-state index in [0.29, 0.717) is 28.8 Å². The van der Waals surface area contributed by atoms with Crippen LogP contribution in [0.3, 0.4) is 0 Å². The third kappa shape index (κ3) is 6.47. The van der Waals surface area contributed by atoms with Crippen molar-refractivity contribution in [3.63, 3.8) is 0 Å². The average molecular weight is 594 g/mol. The number of methoxy groups -OCH3 is 1. The smallest absolute Gasteiger partial charge is 0.315 e. The SMILES string of the molecule is CCCc1nc2ccc(Br)cc2c(=O)n1N=Cc1cc(OC)c(OCC(=O)Nc2ccccc2)c([N+](=O)[O-])c1. The van der Waals surface area contributed by atoms with Gasteiger partial charge in [-0.15, -0.1) is 0 Å². The van der Waals surface area contributed by atoms with Gasteiger partial charge in [0.25, 0.3) is 11.5 Å². The summed E-state index contributed by atoms with van der Waals surface area (Å²) in [5.74, 6) is -0.218. The third-order valence-electron chi connectivity index (χ3n) is 5.55. The van der Waals surface area contributed by atoms with Gasteiger partial charge in [-0.25, -0.2) is 4.98 Å². The van der Waals surface area contributed by atoms with Crippen LogP contribution in [-0.4, -0.2) is 40.4 Å². The second-order valence-electron chi connectivity index (χ2n) is 8.33. The van der Waals surface area contributed by atoms with Crippen molar-refractivity contribution < 1.29 is 19.2 Å². The number of nitro groups is 1. The van der Waals surface area contributed by atoms with Crippen molar-refractivity contribution in [1.82, 2.24) is 9.66 Å². The fraction of sp³-hybridized carbons (Fsp3) is 0.185. The first-order chi connectivity index (χ1) is 18.8. The van der Waals surface area contributed by atoms with Crippen LogP contribution in [0, 0.1) is 10.1 Å². The number of para-hydroxylation sites is 1. The number of rotatable bonds is 10. The summed E-state index contributed by atoms with van der Waals surface area (Å²) in [7, 11) is 1.33. The number of anilines is 1. The zero-order chi connectivity index (χ0) is 27.9. The molecular weight excluding hydrogens is 570 g/mol. The molecule has 11 nitrogen and oxygen atoms in total. The first kappa shape index (κ1) is 27.5. The Morgan fingerprint density at radius 2 is 1.97 bits per heavy atom. The van der Waals surface area contributed by atoms with Gasteiger partial charge in [-0.1, -0.05) is 41.1 Å². The molecule has 0 aliphatic heterocycles. The van der Waals surface area contributed by atoms with Gasteiger partial charge < -0.3 is 14.8 Å². The molecule has 0 bridgehead atoms. The summed E-state index contributed by atoms with van der Waals surface area (Å²) < 4.78 is 12.7. The van der Waals surface area contributed by atoms with Gasteiger partial charge in [0.2, 0.25) is 5.75 Å². The molecule has 39 heavy (non-hydrogen) atoms. The standard InChI is InChI=1S/C27H24BrN5O6/c1-3-7-24-31-21-11-10-18(28)14-20(21)27(35)32(24)29-15-17-12-22(33(36)37)26(23(13-17)38-2)39-16-25(34)30-19-8-5-4-6-9-19/h4-6,8-15H,3,7,16H2,1-2H3,(H,30,34). The highest BCUT2D eigenvalue weighted by Gasteiger charge is 2.23. The molecule has 0 radical (unpaired) electrons. The van der Waals surface area contributed by atoms with Gasteiger partial charge in [-0.3, -0.25) is 19.7 Å². The molecule has 4 aromatic rings. The predicted molar refractivity (Wildman–Crippen MR) is 151 cm³/mol. The monoisotopic (exact) mass is 593 g/mol. The van der Waals surface area contributed by atoms with Gasteiger partial charge >= 0.3 is 5.69 Å². The van der Waals surface area contributed by atoms with Crippen molar-refractivity contribution in [2.24, 2.45) is 5.10 Å². The summed E-state index contributed by atoms with van der Waals surface area (Å²) in [6, 6.07) is 16.7. The van der Waals surface area contributed by atoms with E-state index in [2.05, 4.69) is 31.3 Å². The summed E-state index contributed by atoms with van der Waals surface area (Å²) >= 11 is 3.37. The van der Waals surface area contributed by atoms with E-state index in [1.807, 2.05) is 13.0 Å². The first-order valence-electron chi connectivity index (χ1n) is 11.9. The number of hydrogen-bond donors (Lipinski definition) is 1. The molecule has 0 aliphatic carbocycles. The Kier molecular flexibility index (Phi) is 8.67. The molecular formula is C27H24BrN5O6. The number of carbonyl (C=O) groups is 1. The molecule has 12 heteroatoms. The predicted octanol–water partition coefficient (Wildman–Crippen LogP) is 4.93. The van der Waals surface area contributed by atoms with E-state index < -0.39 is 23.1 Å². The maximum atomic E-state index is 13.2. The normalized spacial score (nSPS) is 11.1. The number of carbonyl (C=O) groups excluding carboxylic acids is 1. The molecule has 1 aromatic heterocycles. The molecule has 0 saturated heterocycles. The molecule has 0 atom stereocenters. The van der Waals surface area contributed by atoms with Gasteiger partial charge in [0.05, 0.1) is 29.2 Å². The average Bonchev–Trinajstić information content (AvgIpc) is 2.92. The van der Waals surface area contributed by atoms with Crippen LogP contribution in [0.25, 0.3) is 10.9 Å². The number of aryl methyl sites for hydroxylation is 1. The Labute approximate surface area is 231 Å². The van der Waals surface area contributed by atoms with Crippen molar-refractivity contribution in [3.05, 3.63) is 97.0 Å². The van der Waals surface area contributed by atoms with Crippen molar-refractivity contribution in [2.45, 2.75) is 19.8 Å². The summed E-state index contributed by atoms with van der Waals surface area (Å²) in [6.07, 6.45) is 2.54. The minimum Gasteiger partial charge on any atom is -0.493 e. The lowest BCUT2D eigenvalue weighted by atomic mass is 10.2. The van der Waals surface area contributed by atoms with Crippen LogP contribution >= 0.6 is 15.9 Å². The van der Waals surface area contributed by atoms with E-state index in [1.165, 1.54) is 30.1 Å². The number of benzene rings is 3. The zero-order valence-corrected chi connectivity index (χ0v) is 22.7. The number of aromatic nitrogens is 2. The van der Waals surface area contributed by atoms with Crippen LogP contribution in [0.4, 0.5) is 11.4 Å². The zero-order valence-electron chi connectivity index (χ0n) is 21.1. The summed E-state index contributed by atoms with van der Waals surface area (Å²) in [4.78, 5) is 41.4. The van der Waals surface area contributed by atoms with E-state index in [4.69, 9.17) is 9.47 Å². The van der Waals surface area contributed by atoms with Crippen LogP contribution in [-0.2, 0) is 11.2 Å². The highest BCUT2D eigenvalue weighted by molar-refractivity contribution is 9.10. The lowest BCUT2D eigenvalue weighted by Crippen LogP contribution is -2.22. The molecule has 0 saturated carbocycles. The molecule has 1 amide bonds. The fourth-order valence-electron chi connectivity index (χ4n) is 3.80. The van der Waals surface area contributed by atoms with Gasteiger partial charge in [0, 0.05) is 28.2 Å². The number of hydrogen-bond acceptors (Lipinski definition) is 8. The van der Waals surface area contributed by atoms with Gasteiger partial charge in [-0.05, 0) is 42.8 Å². The number of nitro benzene ring substituents is 1. The number of amides is 1. The second kappa shape index (κ2) is 12.3. The fourth-order valence-corrected chi connectivity index (χ4v) is 4.16. The Hall–Kier alpha value is -4.58. The maximum Gasteiger partial charge on any atom is 0.315 e. The Morgan fingerprint density at radius 3 is 2.67 bits per heavy atom. The summed E-state index contributed by atoms with van der Waals surface area (Å²) in [5.41, 5.74) is 0.598. The first-order valence-corrected chi connectivity index (χ1v) is 12.7. The quantitative estimate of drug-likeness (QED) is 0.156. The van der Waals surface area contributed by atoms with Crippen LogP contribution in [0.1, 0.15) is 24.7 Å².